The fourth-order valence-corrected chi connectivity index (χ4v) is 2.82. The van der Waals surface area contributed by atoms with Gasteiger partial charge in [0, 0.05) is 13.6 Å². The molecule has 2 aromatic rings. The van der Waals surface area contributed by atoms with Crippen molar-refractivity contribution in [2.24, 2.45) is 4.99 Å². The first-order valence-corrected chi connectivity index (χ1v) is 9.46. The predicted octanol–water partition coefficient (Wildman–Crippen LogP) is 3.57. The van der Waals surface area contributed by atoms with Crippen LogP contribution in [0.15, 0.2) is 47.5 Å². The third-order valence-corrected chi connectivity index (χ3v) is 4.32. The minimum absolute atomic E-state index is 0.431. The Labute approximate surface area is 167 Å². The van der Waals surface area contributed by atoms with Crippen LogP contribution in [-0.2, 0) is 6.54 Å². The van der Waals surface area contributed by atoms with Crippen molar-refractivity contribution in [3.8, 4) is 17.2 Å². The van der Waals surface area contributed by atoms with Crippen LogP contribution in [0, 0.1) is 0 Å². The molecule has 28 heavy (non-hydrogen) atoms. The minimum atomic E-state index is 0.431. The van der Waals surface area contributed by atoms with Crippen LogP contribution in [0.25, 0.3) is 0 Å². The van der Waals surface area contributed by atoms with Crippen LogP contribution < -0.4 is 24.8 Å². The largest absolute Gasteiger partial charge is 0.493 e. The van der Waals surface area contributed by atoms with Gasteiger partial charge in [-0.1, -0.05) is 38.1 Å². The Hall–Kier alpha value is -2.89. The quantitative estimate of drug-likeness (QED) is 0.392. The monoisotopic (exact) mass is 385 g/mol. The average molecular weight is 386 g/mol. The van der Waals surface area contributed by atoms with Crippen LogP contribution in [0.2, 0.25) is 0 Å². The number of hydrogen-bond donors (Lipinski definition) is 2. The van der Waals surface area contributed by atoms with Crippen molar-refractivity contribution < 1.29 is 14.2 Å². The summed E-state index contributed by atoms with van der Waals surface area (Å²) in [6, 6.07) is 14.0. The van der Waals surface area contributed by atoms with Gasteiger partial charge in [-0.25, -0.2) is 0 Å². The first-order chi connectivity index (χ1) is 13.6. The zero-order valence-electron chi connectivity index (χ0n) is 17.4. The third kappa shape index (κ3) is 6.08. The van der Waals surface area contributed by atoms with Gasteiger partial charge in [-0.05, 0) is 35.2 Å². The molecule has 6 heteroatoms. The summed E-state index contributed by atoms with van der Waals surface area (Å²) in [4.78, 5) is 4.25. The Kier molecular flexibility index (Phi) is 8.46. The lowest BCUT2D eigenvalue weighted by Gasteiger charge is -2.16. The Morgan fingerprint density at radius 3 is 2.39 bits per heavy atom. The van der Waals surface area contributed by atoms with Gasteiger partial charge in [0.05, 0.1) is 20.8 Å². The van der Waals surface area contributed by atoms with Crippen LogP contribution in [-0.4, -0.2) is 40.4 Å². The molecule has 2 rings (SSSR count). The number of methoxy groups -OCH3 is 2. The fourth-order valence-electron chi connectivity index (χ4n) is 2.82. The van der Waals surface area contributed by atoms with Crippen LogP contribution in [0.1, 0.15) is 30.9 Å². The van der Waals surface area contributed by atoms with Gasteiger partial charge in [0.1, 0.15) is 12.4 Å². The molecule has 0 saturated carbocycles. The highest BCUT2D eigenvalue weighted by atomic mass is 16.5. The number of hydrogen-bond acceptors (Lipinski definition) is 4. The summed E-state index contributed by atoms with van der Waals surface area (Å²) >= 11 is 0. The third-order valence-electron chi connectivity index (χ3n) is 4.32. The maximum atomic E-state index is 5.94. The number of ether oxygens (including phenoxy) is 3. The maximum absolute atomic E-state index is 5.94. The van der Waals surface area contributed by atoms with Crippen LogP contribution >= 0.6 is 0 Å². The van der Waals surface area contributed by atoms with Crippen LogP contribution in [0.5, 0.6) is 17.2 Å². The lowest BCUT2D eigenvalue weighted by molar-refractivity contribution is 0.317. The SMILES string of the molecule is CN=C(NCCOc1ccccc1C(C)C)NCc1ccc(OC)c(OC)c1. The van der Waals surface area contributed by atoms with Gasteiger partial charge in [0.15, 0.2) is 17.5 Å². The highest BCUT2D eigenvalue weighted by molar-refractivity contribution is 5.79. The molecule has 0 aliphatic rings. The van der Waals surface area contributed by atoms with E-state index in [1.54, 1.807) is 21.3 Å². The minimum Gasteiger partial charge on any atom is -0.493 e. The zero-order chi connectivity index (χ0) is 20.4. The van der Waals surface area contributed by atoms with Crippen LogP contribution in [0.3, 0.4) is 0 Å². The number of benzene rings is 2. The first-order valence-electron chi connectivity index (χ1n) is 9.46. The van der Waals surface area contributed by atoms with E-state index in [2.05, 4.69) is 35.5 Å². The Balaban J connectivity index is 1.81. The summed E-state index contributed by atoms with van der Waals surface area (Å²) in [5.41, 5.74) is 2.29. The summed E-state index contributed by atoms with van der Waals surface area (Å²) < 4.78 is 16.5. The maximum Gasteiger partial charge on any atom is 0.191 e. The first kappa shape index (κ1) is 21.4. The molecule has 0 aliphatic carbocycles. The van der Waals surface area contributed by atoms with E-state index in [-0.39, 0.29) is 0 Å². The second-order valence-corrected chi connectivity index (χ2v) is 6.58. The van der Waals surface area contributed by atoms with E-state index < -0.39 is 0 Å². The van der Waals surface area contributed by atoms with E-state index in [0.29, 0.717) is 37.1 Å². The van der Waals surface area contributed by atoms with E-state index in [1.807, 2.05) is 36.4 Å². The van der Waals surface area contributed by atoms with Crippen LogP contribution in [0.4, 0.5) is 0 Å². The Morgan fingerprint density at radius 1 is 0.964 bits per heavy atom. The number of rotatable bonds is 9. The number of para-hydroxylation sites is 1. The van der Waals surface area contributed by atoms with E-state index in [4.69, 9.17) is 14.2 Å². The Morgan fingerprint density at radius 2 is 1.71 bits per heavy atom. The van der Waals surface area contributed by atoms with E-state index >= 15 is 0 Å². The standard InChI is InChI=1S/C22H31N3O3/c1-16(2)18-8-6-7-9-19(18)28-13-12-24-22(23-3)25-15-17-10-11-20(26-4)21(14-17)27-5/h6-11,14,16H,12-13,15H2,1-5H3,(H2,23,24,25). The Bertz CT molecular complexity index is 775. The summed E-state index contributed by atoms with van der Waals surface area (Å²) in [6.07, 6.45) is 0. The van der Waals surface area contributed by atoms with Gasteiger partial charge in [-0.2, -0.15) is 0 Å². The predicted molar refractivity (Wildman–Crippen MR) is 114 cm³/mol. The molecule has 0 bridgehead atoms. The molecule has 0 saturated heterocycles. The summed E-state index contributed by atoms with van der Waals surface area (Å²) in [5, 5.41) is 6.56. The second-order valence-electron chi connectivity index (χ2n) is 6.58. The lowest BCUT2D eigenvalue weighted by atomic mass is 10.0. The van der Waals surface area contributed by atoms with Gasteiger partial charge in [0.2, 0.25) is 0 Å². The highest BCUT2D eigenvalue weighted by Gasteiger charge is 2.07. The molecule has 0 aliphatic heterocycles. The molecular formula is C22H31N3O3. The number of nitrogens with zero attached hydrogens (tertiary/aromatic N) is 1. The number of aliphatic imine (C=N–C) groups is 1. The van der Waals surface area contributed by atoms with Crippen molar-refractivity contribution in [2.45, 2.75) is 26.3 Å². The fraction of sp³-hybridized carbons (Fsp3) is 0.409. The molecule has 0 atom stereocenters. The molecule has 152 valence electrons. The van der Waals surface area contributed by atoms with E-state index in [0.717, 1.165) is 17.3 Å². The van der Waals surface area contributed by atoms with E-state index in [1.165, 1.54) is 5.56 Å². The van der Waals surface area contributed by atoms with Crippen molar-refractivity contribution in [1.82, 2.24) is 10.6 Å². The number of guanidine groups is 1. The molecule has 0 radical (unpaired) electrons. The normalized spacial score (nSPS) is 11.3. The van der Waals surface area contributed by atoms with Crippen molar-refractivity contribution in [3.05, 3.63) is 53.6 Å². The van der Waals surface area contributed by atoms with Gasteiger partial charge in [-0.15, -0.1) is 0 Å². The lowest BCUT2D eigenvalue weighted by Crippen LogP contribution is -2.38. The van der Waals surface area contributed by atoms with Crippen molar-refractivity contribution in [2.75, 3.05) is 34.4 Å². The smallest absolute Gasteiger partial charge is 0.191 e. The topological polar surface area (TPSA) is 64.1 Å². The van der Waals surface area contributed by atoms with Gasteiger partial charge in [0.25, 0.3) is 0 Å². The second kappa shape index (κ2) is 11.1. The van der Waals surface area contributed by atoms with Crippen molar-refractivity contribution >= 4 is 5.96 Å². The average Bonchev–Trinajstić information content (AvgIpc) is 2.73. The van der Waals surface area contributed by atoms with Gasteiger partial charge in [-0.3, -0.25) is 4.99 Å². The molecule has 2 N–H and O–H groups in total. The number of nitrogens with one attached hydrogen (secondary N) is 2. The highest BCUT2D eigenvalue weighted by Crippen LogP contribution is 2.27. The van der Waals surface area contributed by atoms with Gasteiger partial charge < -0.3 is 24.8 Å². The zero-order valence-corrected chi connectivity index (χ0v) is 17.4. The molecule has 2 aromatic carbocycles. The summed E-state index contributed by atoms with van der Waals surface area (Å²) in [7, 11) is 5.01. The summed E-state index contributed by atoms with van der Waals surface area (Å²) in [5.74, 6) is 3.51. The molecular weight excluding hydrogens is 354 g/mol. The van der Waals surface area contributed by atoms with E-state index in [9.17, 15) is 0 Å². The summed E-state index contributed by atoms with van der Waals surface area (Å²) in [6.45, 7) is 6.16. The molecule has 0 heterocycles. The van der Waals surface area contributed by atoms with Gasteiger partial charge >= 0.3 is 0 Å². The molecule has 0 spiro atoms. The molecule has 0 unspecified atom stereocenters. The molecule has 0 aromatic heterocycles. The molecule has 0 fully saturated rings. The molecule has 6 nitrogen and oxygen atoms in total. The van der Waals surface area contributed by atoms with Crippen molar-refractivity contribution in [1.29, 1.82) is 0 Å². The molecule has 0 amide bonds. The van der Waals surface area contributed by atoms with Crippen molar-refractivity contribution in [3.63, 3.8) is 0 Å².